The Morgan fingerprint density at radius 1 is 1.10 bits per heavy atom. The van der Waals surface area contributed by atoms with Gasteiger partial charge in [-0.05, 0) is 72.5 Å². The molecular formula is C21H16ClN3O3S. The summed E-state index contributed by atoms with van der Waals surface area (Å²) in [6.45, 7) is 2.05. The number of benzene rings is 2. The number of nitrogens with one attached hydrogen (secondary N) is 1. The summed E-state index contributed by atoms with van der Waals surface area (Å²) < 4.78 is 11.3. The van der Waals surface area contributed by atoms with Crippen LogP contribution in [0.5, 0.6) is 5.75 Å². The number of thiophene rings is 1. The fourth-order valence-corrected chi connectivity index (χ4v) is 3.54. The van der Waals surface area contributed by atoms with Crippen LogP contribution in [0.4, 0.5) is 5.69 Å². The van der Waals surface area contributed by atoms with Crippen molar-refractivity contribution in [3.8, 4) is 17.2 Å². The molecule has 1 amide bonds. The molecule has 29 heavy (non-hydrogen) atoms. The third-order valence-corrected chi connectivity index (χ3v) is 5.37. The monoisotopic (exact) mass is 425 g/mol. The third kappa shape index (κ3) is 4.64. The number of halogens is 1. The van der Waals surface area contributed by atoms with Crippen LogP contribution >= 0.6 is 22.9 Å². The molecule has 0 aliphatic heterocycles. The van der Waals surface area contributed by atoms with Gasteiger partial charge in [0.05, 0.1) is 4.88 Å². The van der Waals surface area contributed by atoms with Crippen molar-refractivity contribution in [2.24, 2.45) is 0 Å². The summed E-state index contributed by atoms with van der Waals surface area (Å²) in [6, 6.07) is 16.2. The van der Waals surface area contributed by atoms with Gasteiger partial charge in [0, 0.05) is 16.3 Å². The minimum atomic E-state index is -0.119. The van der Waals surface area contributed by atoms with Crippen LogP contribution in [0.3, 0.4) is 0 Å². The van der Waals surface area contributed by atoms with E-state index in [1.54, 1.807) is 36.4 Å². The molecule has 0 aliphatic carbocycles. The van der Waals surface area contributed by atoms with E-state index in [2.05, 4.69) is 15.5 Å². The molecule has 0 saturated carbocycles. The van der Waals surface area contributed by atoms with Crippen molar-refractivity contribution < 1.29 is 13.9 Å². The molecule has 0 bridgehead atoms. The quantitative estimate of drug-likeness (QED) is 0.435. The Morgan fingerprint density at radius 3 is 2.55 bits per heavy atom. The molecule has 0 aliphatic rings. The Kier molecular flexibility index (Phi) is 5.59. The maximum atomic E-state index is 12.3. The van der Waals surface area contributed by atoms with E-state index in [0.29, 0.717) is 33.1 Å². The minimum Gasteiger partial charge on any atom is -0.484 e. The molecule has 0 atom stereocenters. The fraction of sp³-hybridized carbons (Fsp3) is 0.0952. The summed E-state index contributed by atoms with van der Waals surface area (Å²) in [7, 11) is 0. The van der Waals surface area contributed by atoms with Crippen molar-refractivity contribution in [1.82, 2.24) is 10.2 Å². The highest BCUT2D eigenvalue weighted by atomic mass is 35.5. The lowest BCUT2D eigenvalue weighted by atomic mass is 10.2. The van der Waals surface area contributed by atoms with Crippen LogP contribution < -0.4 is 10.1 Å². The number of aromatic nitrogens is 2. The highest BCUT2D eigenvalue weighted by Gasteiger charge is 2.11. The predicted molar refractivity (Wildman–Crippen MR) is 113 cm³/mol. The molecule has 8 heteroatoms. The van der Waals surface area contributed by atoms with Crippen molar-refractivity contribution in [3.05, 3.63) is 81.3 Å². The van der Waals surface area contributed by atoms with Crippen LogP contribution in [0.2, 0.25) is 5.02 Å². The van der Waals surface area contributed by atoms with Crippen LogP contribution in [0.25, 0.3) is 11.5 Å². The second kappa shape index (κ2) is 8.46. The van der Waals surface area contributed by atoms with Crippen LogP contribution in [0, 0.1) is 6.92 Å². The smallest absolute Gasteiger partial charge is 0.265 e. The summed E-state index contributed by atoms with van der Waals surface area (Å²) in [4.78, 5) is 13.0. The molecule has 4 rings (SSSR count). The van der Waals surface area contributed by atoms with Crippen molar-refractivity contribution >= 4 is 34.5 Å². The SMILES string of the molecule is Cc1ccsc1C(=O)Nc1ccc(OCc2nnc(-c3ccc(Cl)cc3)o2)cc1. The molecule has 0 saturated heterocycles. The summed E-state index contributed by atoms with van der Waals surface area (Å²) in [5.74, 6) is 1.27. The second-order valence-corrected chi connectivity index (χ2v) is 7.56. The molecular weight excluding hydrogens is 410 g/mol. The van der Waals surface area contributed by atoms with Gasteiger partial charge >= 0.3 is 0 Å². The zero-order chi connectivity index (χ0) is 20.2. The van der Waals surface area contributed by atoms with Gasteiger partial charge in [0.25, 0.3) is 11.8 Å². The Hall–Kier alpha value is -3.16. The van der Waals surface area contributed by atoms with Crippen LogP contribution in [0.15, 0.2) is 64.4 Å². The first-order chi connectivity index (χ1) is 14.1. The maximum Gasteiger partial charge on any atom is 0.265 e. The normalized spacial score (nSPS) is 10.7. The molecule has 4 aromatic rings. The molecule has 2 aromatic carbocycles. The van der Waals surface area contributed by atoms with Crippen molar-refractivity contribution in [2.45, 2.75) is 13.5 Å². The van der Waals surface area contributed by atoms with E-state index in [0.717, 1.165) is 11.1 Å². The van der Waals surface area contributed by atoms with E-state index in [1.165, 1.54) is 11.3 Å². The lowest BCUT2D eigenvalue weighted by Gasteiger charge is -2.07. The van der Waals surface area contributed by atoms with E-state index < -0.39 is 0 Å². The summed E-state index contributed by atoms with van der Waals surface area (Å²) in [5, 5.41) is 13.4. The Labute approximate surface area is 176 Å². The molecule has 6 nitrogen and oxygen atoms in total. The Bertz CT molecular complexity index is 1120. The number of nitrogens with zero attached hydrogens (tertiary/aromatic N) is 2. The maximum absolute atomic E-state index is 12.3. The number of carbonyl (C=O) groups is 1. The first-order valence-corrected chi connectivity index (χ1v) is 10.0. The van der Waals surface area contributed by atoms with Gasteiger partial charge in [-0.15, -0.1) is 21.5 Å². The lowest BCUT2D eigenvalue weighted by molar-refractivity contribution is 0.103. The molecule has 1 N–H and O–H groups in total. The lowest BCUT2D eigenvalue weighted by Crippen LogP contribution is -2.11. The van der Waals surface area contributed by atoms with Crippen LogP contribution in [-0.4, -0.2) is 16.1 Å². The number of anilines is 1. The number of amides is 1. The molecule has 0 radical (unpaired) electrons. The van der Waals surface area contributed by atoms with E-state index >= 15 is 0 Å². The topological polar surface area (TPSA) is 77.2 Å². The zero-order valence-electron chi connectivity index (χ0n) is 15.4. The first kappa shape index (κ1) is 19.2. The van der Waals surface area contributed by atoms with Crippen molar-refractivity contribution in [2.75, 3.05) is 5.32 Å². The van der Waals surface area contributed by atoms with E-state index in [1.807, 2.05) is 30.5 Å². The molecule has 2 heterocycles. The van der Waals surface area contributed by atoms with E-state index in [9.17, 15) is 4.79 Å². The van der Waals surface area contributed by atoms with Gasteiger partial charge in [-0.25, -0.2) is 0 Å². The number of aryl methyl sites for hydroxylation is 1. The highest BCUT2D eigenvalue weighted by Crippen LogP contribution is 2.22. The molecule has 146 valence electrons. The number of hydrogen-bond donors (Lipinski definition) is 1. The van der Waals surface area contributed by atoms with Gasteiger partial charge < -0.3 is 14.5 Å². The molecule has 0 fully saturated rings. The standard InChI is InChI=1S/C21H16ClN3O3S/c1-13-10-11-29-19(13)20(26)23-16-6-8-17(9-7-16)27-12-18-24-25-21(28-18)14-2-4-15(22)5-3-14/h2-11H,12H2,1H3,(H,23,26). The summed E-state index contributed by atoms with van der Waals surface area (Å²) in [6.07, 6.45) is 0. The van der Waals surface area contributed by atoms with Gasteiger partial charge in [-0.2, -0.15) is 0 Å². The minimum absolute atomic E-state index is 0.119. The van der Waals surface area contributed by atoms with Gasteiger partial charge in [-0.3, -0.25) is 4.79 Å². The predicted octanol–water partition coefficient (Wildman–Crippen LogP) is 5.59. The zero-order valence-corrected chi connectivity index (χ0v) is 17.0. The first-order valence-electron chi connectivity index (χ1n) is 8.75. The average molecular weight is 426 g/mol. The van der Waals surface area contributed by atoms with E-state index in [4.69, 9.17) is 20.8 Å². The largest absolute Gasteiger partial charge is 0.484 e. The number of ether oxygens (including phenoxy) is 1. The number of rotatable bonds is 6. The number of carbonyl (C=O) groups excluding carboxylic acids is 1. The molecule has 2 aromatic heterocycles. The van der Waals surface area contributed by atoms with Gasteiger partial charge in [0.2, 0.25) is 5.89 Å². The van der Waals surface area contributed by atoms with Gasteiger partial charge in [0.15, 0.2) is 6.61 Å². The van der Waals surface area contributed by atoms with Gasteiger partial charge in [-0.1, -0.05) is 11.6 Å². The van der Waals surface area contributed by atoms with Crippen LogP contribution in [0.1, 0.15) is 21.1 Å². The summed E-state index contributed by atoms with van der Waals surface area (Å²) >= 11 is 7.30. The Balaban J connectivity index is 1.34. The summed E-state index contributed by atoms with van der Waals surface area (Å²) in [5.41, 5.74) is 2.44. The van der Waals surface area contributed by atoms with Crippen molar-refractivity contribution in [3.63, 3.8) is 0 Å². The molecule has 0 spiro atoms. The van der Waals surface area contributed by atoms with E-state index in [-0.39, 0.29) is 12.5 Å². The molecule has 0 unspecified atom stereocenters. The third-order valence-electron chi connectivity index (χ3n) is 4.10. The second-order valence-electron chi connectivity index (χ2n) is 6.21. The Morgan fingerprint density at radius 2 is 1.86 bits per heavy atom. The fourth-order valence-electron chi connectivity index (χ4n) is 2.59. The van der Waals surface area contributed by atoms with Crippen molar-refractivity contribution in [1.29, 1.82) is 0 Å². The van der Waals surface area contributed by atoms with Crippen LogP contribution in [-0.2, 0) is 6.61 Å². The highest BCUT2D eigenvalue weighted by molar-refractivity contribution is 7.12. The van der Waals surface area contributed by atoms with Gasteiger partial charge in [0.1, 0.15) is 5.75 Å². The number of hydrogen-bond acceptors (Lipinski definition) is 6. The average Bonchev–Trinajstić information content (AvgIpc) is 3.37.